The Morgan fingerprint density at radius 3 is 1.72 bits per heavy atom. The smallest absolute Gasteiger partial charge is 0.744 e. The summed E-state index contributed by atoms with van der Waals surface area (Å²) in [5, 5.41) is 29.4. The Morgan fingerprint density at radius 2 is 1.16 bits per heavy atom. The van der Waals surface area contributed by atoms with Crippen molar-refractivity contribution in [1.29, 1.82) is 0 Å². The number of nitrogens with zero attached hydrogens (tertiary/aromatic N) is 4. The van der Waals surface area contributed by atoms with Crippen molar-refractivity contribution in [2.45, 2.75) is 28.5 Å². The summed E-state index contributed by atoms with van der Waals surface area (Å²) in [6, 6.07) is 19.5. The number of phenolic OH excluding ortho intramolecular Hbond substituents is 1. The number of aromatic hydroxyl groups is 1. The minimum Gasteiger partial charge on any atom is -0.744 e. The predicted octanol–water partition coefficient (Wildman–Crippen LogP) is -2.29. The number of nitrogens with two attached hydrogens (primary N) is 1. The van der Waals surface area contributed by atoms with Gasteiger partial charge in [0.15, 0.2) is 5.75 Å². The summed E-state index contributed by atoms with van der Waals surface area (Å²) in [7, 11) is -15.5. The molecule has 6 rings (SSSR count). The number of azo groups is 2. The number of amides is 1. The number of nitrogen functional groups attached to an aromatic ring is 1. The van der Waals surface area contributed by atoms with E-state index >= 15 is 0 Å². The summed E-state index contributed by atoms with van der Waals surface area (Å²) in [6.07, 6.45) is 0. The van der Waals surface area contributed by atoms with E-state index in [-0.39, 0.29) is 133 Å². The van der Waals surface area contributed by atoms with E-state index in [0.29, 0.717) is 22.4 Å². The zero-order chi connectivity index (χ0) is 40.0. The molecule has 23 heteroatoms. The predicted molar refractivity (Wildman–Crippen MR) is 197 cm³/mol. The number of carbonyl (C=O) groups is 1. The van der Waals surface area contributed by atoms with E-state index in [9.17, 15) is 48.8 Å². The molecule has 4 N–H and O–H groups in total. The molecule has 0 fully saturated rings. The van der Waals surface area contributed by atoms with Crippen molar-refractivity contribution in [3.8, 4) is 5.75 Å². The first-order valence-electron chi connectivity index (χ1n) is 15.6. The molecule has 0 saturated carbocycles. The van der Waals surface area contributed by atoms with Crippen LogP contribution in [0.15, 0.2) is 126 Å². The molecular formula is C35H25N6Na3O11S3. The Bertz CT molecular complexity index is 2980. The van der Waals surface area contributed by atoms with Crippen LogP contribution in [0.25, 0.3) is 21.5 Å². The fourth-order valence-corrected chi connectivity index (χ4v) is 7.75. The SMILES string of the molecule is Cc1cc(N=Nc2cc(S(=O)(=O)[O-])c3cccc(S(=O)(=O)[O-])c3c2)cc(C)c1N=Nc1c(S(=O)(=O)[O-])cc2cc(NC(=O)c3ccc(N)cc3)ccc2c1O.[Na+].[Na+].[Na+]. The molecule has 1 amide bonds. The van der Waals surface area contributed by atoms with Gasteiger partial charge in [-0.3, -0.25) is 4.79 Å². The monoisotopic (exact) mass is 870 g/mol. The van der Waals surface area contributed by atoms with Crippen LogP contribution < -0.4 is 99.7 Å². The van der Waals surface area contributed by atoms with Gasteiger partial charge in [0, 0.05) is 33.1 Å². The van der Waals surface area contributed by atoms with Crippen molar-refractivity contribution in [3.05, 3.63) is 108 Å². The van der Waals surface area contributed by atoms with Crippen molar-refractivity contribution in [1.82, 2.24) is 0 Å². The van der Waals surface area contributed by atoms with Gasteiger partial charge in [0.2, 0.25) is 0 Å². The van der Waals surface area contributed by atoms with Crippen LogP contribution in [0.3, 0.4) is 0 Å². The number of hydrogen-bond donors (Lipinski definition) is 3. The van der Waals surface area contributed by atoms with Crippen LogP contribution >= 0.6 is 0 Å². The zero-order valence-electron chi connectivity index (χ0n) is 31.3. The van der Waals surface area contributed by atoms with Crippen molar-refractivity contribution < 1.29 is 137 Å². The van der Waals surface area contributed by atoms with E-state index in [1.54, 1.807) is 26.0 Å². The number of nitrogens with one attached hydrogen (secondary N) is 1. The van der Waals surface area contributed by atoms with Gasteiger partial charge in [-0.1, -0.05) is 12.1 Å². The van der Waals surface area contributed by atoms with Gasteiger partial charge in [0.05, 0.1) is 31.7 Å². The number of phenols is 1. The Balaban J connectivity index is 0.00000300. The molecule has 0 heterocycles. The number of carbonyl (C=O) groups excluding carboxylic acids is 1. The standard InChI is InChI=1S/C35H28N6O11S3.3Na/c1-18-12-24(38-39-25-16-28-27(30(17-25)54(47,48)49)4-3-5-29(28)53(44,45)46)13-19(2)32(18)40-41-33-31(55(50,51)52)15-21-14-23(10-11-26(21)34(33)42)37-35(43)20-6-8-22(36)9-7-20;;;/h3-17,42H,36H2,1-2H3,(H,37,43)(H,44,45,46)(H,47,48,49)(H,50,51,52);;;/q;3*+1/p-3. The van der Waals surface area contributed by atoms with Gasteiger partial charge in [-0.2, -0.15) is 10.2 Å². The molecule has 17 nitrogen and oxygen atoms in total. The topological polar surface area (TPSA) is 296 Å². The van der Waals surface area contributed by atoms with E-state index in [1.165, 1.54) is 48.5 Å². The first-order chi connectivity index (χ1) is 25.7. The molecule has 282 valence electrons. The second kappa shape index (κ2) is 19.0. The van der Waals surface area contributed by atoms with Crippen LogP contribution in [0.2, 0.25) is 0 Å². The van der Waals surface area contributed by atoms with Crippen LogP contribution in [-0.4, -0.2) is 49.9 Å². The number of hydrogen-bond acceptors (Lipinski definition) is 16. The maximum Gasteiger partial charge on any atom is 1.00 e. The van der Waals surface area contributed by atoms with E-state index in [2.05, 4.69) is 25.8 Å². The third-order valence-corrected chi connectivity index (χ3v) is 10.8. The fourth-order valence-electron chi connectivity index (χ4n) is 5.71. The van der Waals surface area contributed by atoms with Gasteiger partial charge in [-0.25, -0.2) is 25.3 Å². The van der Waals surface area contributed by atoms with Crippen molar-refractivity contribution in [2.24, 2.45) is 20.5 Å². The molecule has 0 unspecified atom stereocenters. The molecule has 0 spiro atoms. The van der Waals surface area contributed by atoms with Crippen LogP contribution in [0.5, 0.6) is 5.75 Å². The first-order valence-corrected chi connectivity index (χ1v) is 19.8. The first kappa shape index (κ1) is 49.2. The maximum atomic E-state index is 12.7. The maximum absolute atomic E-state index is 12.7. The fraction of sp³-hybridized carbons (Fsp3) is 0.0571. The molecule has 0 atom stereocenters. The summed E-state index contributed by atoms with van der Waals surface area (Å²) in [6.45, 7) is 3.16. The molecule has 6 aromatic rings. The van der Waals surface area contributed by atoms with Crippen LogP contribution in [0.4, 0.5) is 34.1 Å². The van der Waals surface area contributed by atoms with Crippen LogP contribution in [0.1, 0.15) is 21.5 Å². The summed E-state index contributed by atoms with van der Waals surface area (Å²) in [4.78, 5) is 10.2. The molecule has 0 radical (unpaired) electrons. The summed E-state index contributed by atoms with van der Waals surface area (Å²) in [5.74, 6) is -1.16. The Morgan fingerprint density at radius 1 is 0.603 bits per heavy atom. The van der Waals surface area contributed by atoms with Crippen LogP contribution in [-0.2, 0) is 30.4 Å². The third kappa shape index (κ3) is 11.0. The average Bonchev–Trinajstić information content (AvgIpc) is 3.09. The van der Waals surface area contributed by atoms with Crippen molar-refractivity contribution >= 4 is 91.9 Å². The number of benzene rings is 6. The molecule has 0 aliphatic rings. The molecule has 0 aliphatic carbocycles. The van der Waals surface area contributed by atoms with Gasteiger partial charge >= 0.3 is 88.7 Å². The molecule has 58 heavy (non-hydrogen) atoms. The van der Waals surface area contributed by atoms with E-state index in [0.717, 1.165) is 30.3 Å². The second-order valence-electron chi connectivity index (χ2n) is 12.1. The Labute approximate surface area is 398 Å². The molecule has 0 aromatic heterocycles. The van der Waals surface area contributed by atoms with Gasteiger partial charge in [-0.15, -0.1) is 10.2 Å². The summed E-state index contributed by atoms with van der Waals surface area (Å²) >= 11 is 0. The van der Waals surface area contributed by atoms with Crippen molar-refractivity contribution in [3.63, 3.8) is 0 Å². The van der Waals surface area contributed by atoms with Crippen LogP contribution in [0, 0.1) is 13.8 Å². The normalized spacial score (nSPS) is 11.9. The number of anilines is 2. The summed E-state index contributed by atoms with van der Waals surface area (Å²) in [5.41, 5.74) is 6.90. The Kier molecular flexibility index (Phi) is 16.2. The van der Waals surface area contributed by atoms with Crippen molar-refractivity contribution in [2.75, 3.05) is 11.1 Å². The quantitative estimate of drug-likeness (QED) is 0.0599. The minimum atomic E-state index is -5.23. The number of fused-ring (bicyclic) bond motifs is 2. The second-order valence-corrected chi connectivity index (χ2v) is 16.1. The summed E-state index contributed by atoms with van der Waals surface area (Å²) < 4.78 is 109. The molecule has 0 saturated heterocycles. The van der Waals surface area contributed by atoms with E-state index < -0.39 is 62.4 Å². The molecular weight excluding hydrogens is 846 g/mol. The number of aryl methyl sites for hydroxylation is 2. The van der Waals surface area contributed by atoms with E-state index in [1.807, 2.05) is 0 Å². The number of rotatable bonds is 9. The zero-order valence-corrected chi connectivity index (χ0v) is 39.7. The van der Waals surface area contributed by atoms with E-state index in [4.69, 9.17) is 5.73 Å². The largest absolute Gasteiger partial charge is 1.00 e. The van der Waals surface area contributed by atoms with Gasteiger partial charge in [0.25, 0.3) is 5.91 Å². The average molecular weight is 871 g/mol. The minimum absolute atomic E-state index is 0. The molecule has 0 aliphatic heterocycles. The van der Waals surface area contributed by atoms with Gasteiger partial charge in [-0.05, 0) is 109 Å². The third-order valence-electron chi connectivity index (χ3n) is 8.20. The van der Waals surface area contributed by atoms with Gasteiger partial charge < -0.3 is 29.8 Å². The molecule has 6 aromatic carbocycles. The Hall–Kier alpha value is -3.16. The van der Waals surface area contributed by atoms with Gasteiger partial charge in [0.1, 0.15) is 36.0 Å². The molecule has 0 bridgehead atoms.